The number of nitrogens with one attached hydrogen (secondary N) is 1. The van der Waals surface area contributed by atoms with Crippen molar-refractivity contribution in [3.8, 4) is 0 Å². The minimum Gasteiger partial charge on any atom is -0.351 e. The Morgan fingerprint density at radius 2 is 2.12 bits per heavy atom. The average molecular weight is 266 g/mol. The van der Waals surface area contributed by atoms with Gasteiger partial charge in [-0.05, 0) is 13.3 Å². The third-order valence-corrected chi connectivity index (χ3v) is 3.26. The Morgan fingerprint density at radius 3 is 2.59 bits per heavy atom. The molecular weight excluding hydrogens is 253 g/mol. The van der Waals surface area contributed by atoms with Crippen LogP contribution in [0.5, 0.6) is 0 Å². The highest BCUT2D eigenvalue weighted by atomic mass is 32.1. The van der Waals surface area contributed by atoms with Crippen molar-refractivity contribution in [2.45, 2.75) is 32.9 Å². The Morgan fingerprint density at radius 1 is 1.47 bits per heavy atom. The van der Waals surface area contributed by atoms with Gasteiger partial charge < -0.3 is 5.32 Å². The zero-order valence-electron chi connectivity index (χ0n) is 9.52. The number of thiazole rings is 1. The molecule has 0 saturated carbocycles. The van der Waals surface area contributed by atoms with Crippen LogP contribution in [0.25, 0.3) is 0 Å². The van der Waals surface area contributed by atoms with Crippen LogP contribution >= 0.6 is 11.3 Å². The van der Waals surface area contributed by atoms with Crippen LogP contribution in [0.2, 0.25) is 0 Å². The number of amides is 1. The van der Waals surface area contributed by atoms with Crippen molar-refractivity contribution in [3.63, 3.8) is 0 Å². The summed E-state index contributed by atoms with van der Waals surface area (Å²) in [5.74, 6) is -0.482. The highest BCUT2D eigenvalue weighted by Gasteiger charge is 2.36. The fourth-order valence-electron chi connectivity index (χ4n) is 1.19. The van der Waals surface area contributed by atoms with E-state index in [9.17, 15) is 18.0 Å². The van der Waals surface area contributed by atoms with Crippen molar-refractivity contribution in [2.24, 2.45) is 0 Å². The summed E-state index contributed by atoms with van der Waals surface area (Å²) in [5, 5.41) is 1.59. The number of aromatic nitrogens is 1. The van der Waals surface area contributed by atoms with Gasteiger partial charge in [-0.15, -0.1) is 11.3 Å². The second-order valence-corrected chi connectivity index (χ2v) is 4.54. The number of halogens is 3. The largest absolute Gasteiger partial charge is 0.443 e. The van der Waals surface area contributed by atoms with Crippen molar-refractivity contribution in [1.29, 1.82) is 0 Å². The summed E-state index contributed by atoms with van der Waals surface area (Å²) < 4.78 is 37.1. The quantitative estimate of drug-likeness (QED) is 0.851. The summed E-state index contributed by atoms with van der Waals surface area (Å²) in [5.41, 5.74) is 0.122. The molecule has 0 bridgehead atoms. The molecule has 0 aliphatic carbocycles. The Labute approximate surface area is 101 Å². The predicted octanol–water partition coefficient (Wildman–Crippen LogP) is 3.00. The fraction of sp³-hybridized carbons (Fsp3) is 0.600. The van der Waals surface area contributed by atoms with Crippen molar-refractivity contribution in [1.82, 2.24) is 10.3 Å². The topological polar surface area (TPSA) is 42.0 Å². The van der Waals surface area contributed by atoms with Crippen molar-refractivity contribution in [2.75, 3.05) is 6.54 Å². The number of rotatable bonds is 4. The van der Waals surface area contributed by atoms with Crippen LogP contribution in [-0.2, 0) is 6.18 Å². The fourth-order valence-corrected chi connectivity index (χ4v) is 2.04. The zero-order chi connectivity index (χ0) is 13.1. The maximum Gasteiger partial charge on any atom is 0.443 e. The van der Waals surface area contributed by atoms with Gasteiger partial charge in [-0.2, -0.15) is 13.2 Å². The molecule has 17 heavy (non-hydrogen) atoms. The van der Waals surface area contributed by atoms with Crippen molar-refractivity contribution in [3.05, 3.63) is 15.6 Å². The number of carbonyl (C=O) groups is 1. The van der Waals surface area contributed by atoms with Gasteiger partial charge >= 0.3 is 6.18 Å². The summed E-state index contributed by atoms with van der Waals surface area (Å²) in [4.78, 5) is 15.0. The lowest BCUT2D eigenvalue weighted by atomic mass is 10.3. The summed E-state index contributed by atoms with van der Waals surface area (Å²) in [6, 6.07) is 0. The molecule has 0 aliphatic heterocycles. The van der Waals surface area contributed by atoms with E-state index < -0.39 is 17.1 Å². The molecular formula is C10H13F3N2OS. The van der Waals surface area contributed by atoms with Crippen LogP contribution in [0.3, 0.4) is 0 Å². The Hall–Kier alpha value is -1.11. The van der Waals surface area contributed by atoms with Crippen LogP contribution in [-0.4, -0.2) is 17.4 Å². The van der Waals surface area contributed by atoms with E-state index in [1.807, 2.05) is 6.92 Å². The van der Waals surface area contributed by atoms with Gasteiger partial charge in [-0.1, -0.05) is 13.3 Å². The van der Waals surface area contributed by atoms with E-state index >= 15 is 0 Å². The van der Waals surface area contributed by atoms with Crippen LogP contribution in [0.15, 0.2) is 0 Å². The minimum absolute atomic E-state index is 0.0356. The van der Waals surface area contributed by atoms with Crippen LogP contribution in [0.4, 0.5) is 13.2 Å². The molecule has 0 aliphatic rings. The van der Waals surface area contributed by atoms with E-state index in [4.69, 9.17) is 0 Å². The second kappa shape index (κ2) is 5.48. The summed E-state index contributed by atoms with van der Waals surface area (Å²) in [7, 11) is 0. The Bertz CT molecular complexity index is 401. The maximum absolute atomic E-state index is 12.4. The Balaban J connectivity index is 2.77. The van der Waals surface area contributed by atoms with E-state index in [-0.39, 0.29) is 10.6 Å². The molecule has 1 aromatic heterocycles. The first-order valence-electron chi connectivity index (χ1n) is 5.19. The molecule has 1 aromatic rings. The van der Waals surface area contributed by atoms with E-state index in [0.717, 1.165) is 12.8 Å². The zero-order valence-corrected chi connectivity index (χ0v) is 10.3. The van der Waals surface area contributed by atoms with Crippen LogP contribution < -0.4 is 5.32 Å². The van der Waals surface area contributed by atoms with Gasteiger partial charge in [0, 0.05) is 6.54 Å². The first kappa shape index (κ1) is 14.0. The molecule has 7 heteroatoms. The third kappa shape index (κ3) is 3.69. The number of alkyl halides is 3. The lowest BCUT2D eigenvalue weighted by Crippen LogP contribution is -2.24. The van der Waals surface area contributed by atoms with Gasteiger partial charge in [0.25, 0.3) is 5.91 Å². The van der Waals surface area contributed by atoms with Gasteiger partial charge in [0.05, 0.1) is 5.69 Å². The minimum atomic E-state index is -4.49. The third-order valence-electron chi connectivity index (χ3n) is 2.06. The smallest absolute Gasteiger partial charge is 0.351 e. The summed E-state index contributed by atoms with van der Waals surface area (Å²) in [6.07, 6.45) is -2.77. The van der Waals surface area contributed by atoms with E-state index in [0.29, 0.717) is 17.9 Å². The van der Waals surface area contributed by atoms with Crippen LogP contribution in [0.1, 0.15) is 40.1 Å². The van der Waals surface area contributed by atoms with Crippen molar-refractivity contribution >= 4 is 17.2 Å². The molecule has 1 heterocycles. The van der Waals surface area contributed by atoms with E-state index in [1.54, 1.807) is 0 Å². The van der Waals surface area contributed by atoms with Crippen LogP contribution in [0, 0.1) is 6.92 Å². The molecule has 1 amide bonds. The molecule has 0 spiro atoms. The Kier molecular flexibility index (Phi) is 4.50. The first-order chi connectivity index (χ1) is 7.86. The molecule has 0 atom stereocenters. The molecule has 0 unspecified atom stereocenters. The first-order valence-corrected chi connectivity index (χ1v) is 6.00. The predicted molar refractivity (Wildman–Crippen MR) is 59.1 cm³/mol. The molecule has 0 radical (unpaired) electrons. The number of carbonyl (C=O) groups excluding carboxylic acids is 1. The lowest BCUT2D eigenvalue weighted by Gasteiger charge is -2.02. The van der Waals surface area contributed by atoms with Gasteiger partial charge in [-0.25, -0.2) is 4.98 Å². The lowest BCUT2D eigenvalue weighted by molar-refractivity contribution is -0.137. The molecule has 1 rings (SSSR count). The number of nitrogens with zero attached hydrogens (tertiary/aromatic N) is 1. The molecule has 0 fully saturated rings. The standard InChI is InChI=1S/C10H13F3N2OS/c1-3-4-5-14-8(16)7-6(2)15-9(17-7)10(11,12)13/h3-5H2,1-2H3,(H,14,16). The summed E-state index contributed by atoms with van der Waals surface area (Å²) in [6.45, 7) is 3.83. The number of hydrogen-bond acceptors (Lipinski definition) is 3. The normalized spacial score (nSPS) is 11.6. The highest BCUT2D eigenvalue weighted by Crippen LogP contribution is 2.33. The maximum atomic E-state index is 12.4. The number of hydrogen-bond donors (Lipinski definition) is 1. The van der Waals surface area contributed by atoms with Gasteiger partial charge in [-0.3, -0.25) is 4.79 Å². The van der Waals surface area contributed by atoms with Gasteiger partial charge in [0.2, 0.25) is 0 Å². The van der Waals surface area contributed by atoms with Crippen molar-refractivity contribution < 1.29 is 18.0 Å². The van der Waals surface area contributed by atoms with Gasteiger partial charge in [0.1, 0.15) is 4.88 Å². The summed E-state index contributed by atoms with van der Waals surface area (Å²) >= 11 is 0.384. The van der Waals surface area contributed by atoms with Gasteiger partial charge in [0.15, 0.2) is 5.01 Å². The van der Waals surface area contributed by atoms with E-state index in [1.165, 1.54) is 6.92 Å². The molecule has 0 aromatic carbocycles. The second-order valence-electron chi connectivity index (χ2n) is 3.54. The SMILES string of the molecule is CCCCNC(=O)c1sc(C(F)(F)F)nc1C. The molecule has 3 nitrogen and oxygen atoms in total. The average Bonchev–Trinajstić information content (AvgIpc) is 2.60. The molecule has 96 valence electrons. The van der Waals surface area contributed by atoms with E-state index in [2.05, 4.69) is 10.3 Å². The molecule has 1 N–H and O–H groups in total. The highest BCUT2D eigenvalue weighted by molar-refractivity contribution is 7.13. The molecule has 0 saturated heterocycles. The monoisotopic (exact) mass is 266 g/mol. The number of unbranched alkanes of at least 4 members (excludes halogenated alkanes) is 1. The number of aryl methyl sites for hydroxylation is 1.